The van der Waals surface area contributed by atoms with Crippen molar-refractivity contribution in [3.05, 3.63) is 0 Å². The molecule has 6 fully saturated rings. The first-order chi connectivity index (χ1) is 7.84. The highest BCUT2D eigenvalue weighted by Gasteiger charge is 2.89. The summed E-state index contributed by atoms with van der Waals surface area (Å²) in [5.41, 5.74) is 0. The summed E-state index contributed by atoms with van der Waals surface area (Å²) in [7, 11) is 0. The zero-order valence-electron chi connectivity index (χ0n) is 9.08. The monoisotopic (exact) mass is 220 g/mol. The van der Waals surface area contributed by atoms with E-state index in [0.29, 0.717) is 23.7 Å². The standard InChI is InChI=1S/C13H16O3/c14-12-8-4-3-5-7-6(4)9(12)11(7)13(10(5)8)15-1-2-16-13/h4-12,14H,1-3H2/t4-,5?,6-,7?,8+,9-,10-,11+,12+/m1/s1. The normalized spacial score (nSPS) is 74.4. The molecular weight excluding hydrogens is 204 g/mol. The summed E-state index contributed by atoms with van der Waals surface area (Å²) >= 11 is 0. The smallest absolute Gasteiger partial charge is 0.175 e. The van der Waals surface area contributed by atoms with E-state index in [1.54, 1.807) is 0 Å². The Kier molecular flexibility index (Phi) is 1.01. The second-order valence-corrected chi connectivity index (χ2v) is 6.83. The van der Waals surface area contributed by atoms with Crippen LogP contribution in [0.3, 0.4) is 0 Å². The minimum atomic E-state index is -0.231. The van der Waals surface area contributed by atoms with Gasteiger partial charge in [0.1, 0.15) is 0 Å². The van der Waals surface area contributed by atoms with E-state index < -0.39 is 0 Å². The van der Waals surface area contributed by atoms with Crippen LogP contribution in [0, 0.1) is 47.3 Å². The van der Waals surface area contributed by atoms with E-state index in [4.69, 9.17) is 9.47 Å². The molecule has 2 unspecified atom stereocenters. The Morgan fingerprint density at radius 1 is 0.875 bits per heavy atom. The van der Waals surface area contributed by atoms with Crippen molar-refractivity contribution >= 4 is 0 Å². The van der Waals surface area contributed by atoms with Gasteiger partial charge in [0.05, 0.1) is 19.3 Å². The quantitative estimate of drug-likeness (QED) is 0.645. The van der Waals surface area contributed by atoms with E-state index >= 15 is 0 Å². The van der Waals surface area contributed by atoms with Gasteiger partial charge >= 0.3 is 0 Å². The summed E-state index contributed by atoms with van der Waals surface area (Å²) in [6, 6.07) is 0. The zero-order valence-corrected chi connectivity index (χ0v) is 9.08. The van der Waals surface area contributed by atoms with Gasteiger partial charge in [-0.1, -0.05) is 0 Å². The van der Waals surface area contributed by atoms with Gasteiger partial charge in [0.25, 0.3) is 0 Å². The topological polar surface area (TPSA) is 38.7 Å². The fraction of sp³-hybridized carbons (Fsp3) is 1.00. The average Bonchev–Trinajstić information content (AvgIpc) is 2.87. The van der Waals surface area contributed by atoms with Gasteiger partial charge in [0.15, 0.2) is 5.79 Å². The molecule has 0 aromatic rings. The van der Waals surface area contributed by atoms with E-state index in [0.717, 1.165) is 36.9 Å². The molecule has 1 saturated heterocycles. The molecule has 1 heterocycles. The molecule has 6 rings (SSSR count). The summed E-state index contributed by atoms with van der Waals surface area (Å²) in [4.78, 5) is 0. The Labute approximate surface area is 94.1 Å². The van der Waals surface area contributed by atoms with E-state index in [1.807, 2.05) is 0 Å². The molecule has 6 aliphatic rings. The predicted molar refractivity (Wildman–Crippen MR) is 53.2 cm³/mol. The van der Waals surface area contributed by atoms with Crippen LogP contribution in [0.15, 0.2) is 0 Å². The summed E-state index contributed by atoms with van der Waals surface area (Å²) in [5, 5.41) is 10.4. The zero-order chi connectivity index (χ0) is 10.2. The predicted octanol–water partition coefficient (Wildman–Crippen LogP) is 0.478. The lowest BCUT2D eigenvalue weighted by Crippen LogP contribution is -2.59. The average molecular weight is 220 g/mol. The van der Waals surface area contributed by atoms with Crippen LogP contribution in [0.4, 0.5) is 0 Å². The van der Waals surface area contributed by atoms with Gasteiger partial charge in [0.2, 0.25) is 0 Å². The van der Waals surface area contributed by atoms with Gasteiger partial charge in [-0.2, -0.15) is 0 Å². The molecule has 16 heavy (non-hydrogen) atoms. The van der Waals surface area contributed by atoms with Gasteiger partial charge in [-0.15, -0.1) is 0 Å². The number of ether oxygens (including phenoxy) is 2. The van der Waals surface area contributed by atoms with Gasteiger partial charge in [0, 0.05) is 11.8 Å². The number of hydrogen-bond donors (Lipinski definition) is 1. The highest BCUT2D eigenvalue weighted by Crippen LogP contribution is 2.86. The minimum absolute atomic E-state index is 0.0211. The van der Waals surface area contributed by atoms with Crippen molar-refractivity contribution in [3.8, 4) is 0 Å². The molecule has 1 spiro atoms. The third kappa shape index (κ3) is 0.485. The Morgan fingerprint density at radius 3 is 2.50 bits per heavy atom. The summed E-state index contributed by atoms with van der Waals surface area (Å²) in [6.45, 7) is 1.55. The van der Waals surface area contributed by atoms with Crippen molar-refractivity contribution in [1.29, 1.82) is 0 Å². The largest absolute Gasteiger partial charge is 0.393 e. The van der Waals surface area contributed by atoms with Crippen LogP contribution in [0.1, 0.15) is 6.42 Å². The molecule has 5 aliphatic carbocycles. The number of fused-ring (bicyclic) bond motifs is 4. The Balaban J connectivity index is 1.64. The molecule has 0 aromatic carbocycles. The van der Waals surface area contributed by atoms with Gasteiger partial charge in [-0.25, -0.2) is 0 Å². The van der Waals surface area contributed by atoms with Crippen LogP contribution >= 0.6 is 0 Å². The SMILES string of the molecule is O[C@@H]1[C@@H]2[C@H]3C4C5C[C@H]3[C@H]1[C@@H]5C1(OCCO1)[C@@H]42. The number of aliphatic hydroxyl groups is 1. The molecular formula is C13H16O3. The van der Waals surface area contributed by atoms with Gasteiger partial charge in [-0.05, 0) is 41.9 Å². The molecule has 0 aromatic heterocycles. The molecule has 1 N–H and O–H groups in total. The first-order valence-electron chi connectivity index (χ1n) is 6.80. The Hall–Kier alpha value is -0.120. The second-order valence-electron chi connectivity index (χ2n) is 6.83. The summed E-state index contributed by atoms with van der Waals surface area (Å²) < 4.78 is 12.2. The lowest BCUT2D eigenvalue weighted by atomic mass is 9.57. The van der Waals surface area contributed by atoms with Crippen molar-refractivity contribution < 1.29 is 14.6 Å². The lowest BCUT2D eigenvalue weighted by Gasteiger charge is -2.52. The van der Waals surface area contributed by atoms with E-state index in [-0.39, 0.29) is 11.9 Å². The molecule has 3 heteroatoms. The van der Waals surface area contributed by atoms with E-state index in [2.05, 4.69) is 0 Å². The first kappa shape index (κ1) is 8.06. The molecule has 3 nitrogen and oxygen atoms in total. The third-order valence-corrected chi connectivity index (χ3v) is 7.08. The van der Waals surface area contributed by atoms with Crippen LogP contribution in [-0.2, 0) is 9.47 Å². The van der Waals surface area contributed by atoms with Gasteiger partial charge < -0.3 is 14.6 Å². The third-order valence-electron chi connectivity index (χ3n) is 7.08. The molecule has 1 aliphatic heterocycles. The Bertz CT molecular complexity index is 402. The number of aliphatic hydroxyl groups excluding tert-OH is 1. The molecule has 0 radical (unpaired) electrons. The van der Waals surface area contributed by atoms with E-state index in [9.17, 15) is 5.11 Å². The van der Waals surface area contributed by atoms with Crippen LogP contribution in [0.25, 0.3) is 0 Å². The molecule has 0 amide bonds. The maximum Gasteiger partial charge on any atom is 0.175 e. The first-order valence-corrected chi connectivity index (χ1v) is 6.80. The van der Waals surface area contributed by atoms with Gasteiger partial charge in [-0.3, -0.25) is 0 Å². The van der Waals surface area contributed by atoms with Crippen LogP contribution in [0.5, 0.6) is 0 Å². The van der Waals surface area contributed by atoms with Crippen LogP contribution in [-0.4, -0.2) is 30.2 Å². The second kappa shape index (κ2) is 2.00. The van der Waals surface area contributed by atoms with Crippen molar-refractivity contribution in [3.63, 3.8) is 0 Å². The van der Waals surface area contributed by atoms with Crippen molar-refractivity contribution in [1.82, 2.24) is 0 Å². The van der Waals surface area contributed by atoms with Crippen molar-refractivity contribution in [2.45, 2.75) is 18.3 Å². The summed E-state index contributed by atoms with van der Waals surface area (Å²) in [6.07, 6.45) is 1.34. The van der Waals surface area contributed by atoms with E-state index in [1.165, 1.54) is 6.42 Å². The molecule has 5 saturated carbocycles. The fourth-order valence-corrected chi connectivity index (χ4v) is 7.27. The molecule has 9 atom stereocenters. The fourth-order valence-electron chi connectivity index (χ4n) is 7.27. The maximum atomic E-state index is 10.4. The maximum absolute atomic E-state index is 10.4. The number of rotatable bonds is 0. The highest BCUT2D eigenvalue weighted by atomic mass is 16.7. The lowest BCUT2D eigenvalue weighted by molar-refractivity contribution is -0.277. The van der Waals surface area contributed by atoms with Crippen LogP contribution in [0.2, 0.25) is 0 Å². The summed E-state index contributed by atoms with van der Waals surface area (Å²) in [5.74, 6) is 5.26. The highest BCUT2D eigenvalue weighted by molar-refractivity contribution is 5.33. The molecule has 2 bridgehead atoms. The van der Waals surface area contributed by atoms with Crippen molar-refractivity contribution in [2.24, 2.45) is 47.3 Å². The Morgan fingerprint density at radius 2 is 1.69 bits per heavy atom. The minimum Gasteiger partial charge on any atom is -0.393 e. The van der Waals surface area contributed by atoms with Crippen LogP contribution < -0.4 is 0 Å². The van der Waals surface area contributed by atoms with Crippen molar-refractivity contribution in [2.75, 3.05) is 13.2 Å². The number of hydrogen-bond acceptors (Lipinski definition) is 3. The molecule has 86 valence electrons.